The summed E-state index contributed by atoms with van der Waals surface area (Å²) in [6, 6.07) is 2.57. The maximum Gasteiger partial charge on any atom is 0.343 e. The lowest BCUT2D eigenvalue weighted by Gasteiger charge is -2.26. The lowest BCUT2D eigenvalue weighted by atomic mass is 10.0. The van der Waals surface area contributed by atoms with Crippen LogP contribution in [0.2, 0.25) is 5.02 Å². The van der Waals surface area contributed by atoms with Crippen molar-refractivity contribution in [3.63, 3.8) is 0 Å². The van der Waals surface area contributed by atoms with Crippen LogP contribution >= 0.6 is 11.6 Å². The van der Waals surface area contributed by atoms with E-state index in [0.717, 1.165) is 6.07 Å². The van der Waals surface area contributed by atoms with Gasteiger partial charge in [0.1, 0.15) is 18.0 Å². The molecule has 0 fully saturated rings. The van der Waals surface area contributed by atoms with Gasteiger partial charge in [0, 0.05) is 0 Å². The lowest BCUT2D eigenvalue weighted by Crippen LogP contribution is -2.50. The number of benzene rings is 1. The van der Waals surface area contributed by atoms with E-state index in [2.05, 4.69) is 10.6 Å². The first kappa shape index (κ1) is 18.7. The van der Waals surface area contributed by atoms with Crippen LogP contribution in [0.4, 0.5) is 9.18 Å². The zero-order chi connectivity index (χ0) is 18.6. The normalized spacial score (nSPS) is 16.8. The van der Waals surface area contributed by atoms with E-state index < -0.39 is 42.0 Å². The van der Waals surface area contributed by atoms with Crippen molar-refractivity contribution < 1.29 is 28.2 Å². The number of nitrogens with one attached hydrogen (secondary N) is 2. The summed E-state index contributed by atoms with van der Waals surface area (Å²) in [5, 5.41) is 4.80. The first-order valence-corrected chi connectivity index (χ1v) is 7.81. The van der Waals surface area contributed by atoms with Crippen molar-refractivity contribution in [3.05, 3.63) is 45.9 Å². The minimum atomic E-state index is -1.01. The summed E-state index contributed by atoms with van der Waals surface area (Å²) in [4.78, 5) is 35.7. The van der Waals surface area contributed by atoms with E-state index >= 15 is 0 Å². The van der Waals surface area contributed by atoms with Crippen molar-refractivity contribution in [1.82, 2.24) is 10.6 Å². The quantitative estimate of drug-likeness (QED) is 0.775. The van der Waals surface area contributed by atoms with Gasteiger partial charge >= 0.3 is 18.0 Å². The SMILES string of the molecule is CCOC(=O)C1=C(COC(=O)c2c(F)cccc2Cl)NC(=O)N[C@@H]1C. The number of carbonyl (C=O) groups is 3. The predicted molar refractivity (Wildman–Crippen MR) is 86.5 cm³/mol. The van der Waals surface area contributed by atoms with Gasteiger partial charge in [0.25, 0.3) is 0 Å². The number of carbonyl (C=O) groups excluding carboxylic acids is 3. The highest BCUT2D eigenvalue weighted by Gasteiger charge is 2.30. The molecule has 0 aliphatic carbocycles. The molecule has 1 atom stereocenters. The van der Waals surface area contributed by atoms with Crippen LogP contribution in [0.5, 0.6) is 0 Å². The molecule has 0 spiro atoms. The average molecular weight is 371 g/mol. The molecule has 0 saturated heterocycles. The third-order valence-corrected chi connectivity index (χ3v) is 3.69. The summed E-state index contributed by atoms with van der Waals surface area (Å²) in [5.41, 5.74) is -0.236. The van der Waals surface area contributed by atoms with Gasteiger partial charge < -0.3 is 20.1 Å². The minimum absolute atomic E-state index is 0.0653. The molecule has 7 nitrogen and oxygen atoms in total. The molecule has 1 heterocycles. The van der Waals surface area contributed by atoms with E-state index in [9.17, 15) is 18.8 Å². The molecule has 9 heteroatoms. The van der Waals surface area contributed by atoms with Gasteiger partial charge in [0.15, 0.2) is 0 Å². The largest absolute Gasteiger partial charge is 0.463 e. The van der Waals surface area contributed by atoms with Crippen molar-refractivity contribution in [2.45, 2.75) is 19.9 Å². The maximum absolute atomic E-state index is 13.7. The molecule has 0 saturated carbocycles. The van der Waals surface area contributed by atoms with Gasteiger partial charge in [0.2, 0.25) is 0 Å². The molecule has 25 heavy (non-hydrogen) atoms. The summed E-state index contributed by atoms with van der Waals surface area (Å²) in [5.74, 6) is -2.50. The van der Waals surface area contributed by atoms with Gasteiger partial charge in [-0.1, -0.05) is 17.7 Å². The fourth-order valence-corrected chi connectivity index (χ4v) is 2.54. The number of ether oxygens (including phenoxy) is 2. The average Bonchev–Trinajstić information content (AvgIpc) is 2.52. The molecule has 2 N–H and O–H groups in total. The minimum Gasteiger partial charge on any atom is -0.463 e. The molecule has 2 rings (SSSR count). The zero-order valence-corrected chi connectivity index (χ0v) is 14.3. The van der Waals surface area contributed by atoms with Gasteiger partial charge in [-0.3, -0.25) is 0 Å². The highest BCUT2D eigenvalue weighted by atomic mass is 35.5. The molecule has 0 aromatic heterocycles. The Morgan fingerprint density at radius 2 is 2.00 bits per heavy atom. The van der Waals surface area contributed by atoms with Crippen LogP contribution in [0, 0.1) is 5.82 Å². The predicted octanol–water partition coefficient (Wildman–Crippen LogP) is 2.15. The fraction of sp³-hybridized carbons (Fsp3) is 0.312. The number of urea groups is 1. The third kappa shape index (κ3) is 4.27. The Balaban J connectivity index is 2.23. The van der Waals surface area contributed by atoms with E-state index in [1.165, 1.54) is 12.1 Å². The zero-order valence-electron chi connectivity index (χ0n) is 13.5. The van der Waals surface area contributed by atoms with Crippen LogP contribution in [0.3, 0.4) is 0 Å². The Kier molecular flexibility index (Phi) is 5.97. The second kappa shape index (κ2) is 7.98. The molecule has 134 valence electrons. The van der Waals surface area contributed by atoms with E-state index in [1.54, 1.807) is 13.8 Å². The Labute approximate surface area is 148 Å². The highest BCUT2D eigenvalue weighted by molar-refractivity contribution is 6.33. The van der Waals surface area contributed by atoms with Crippen molar-refractivity contribution in [2.24, 2.45) is 0 Å². The van der Waals surface area contributed by atoms with E-state index in [4.69, 9.17) is 21.1 Å². The third-order valence-electron chi connectivity index (χ3n) is 3.38. The summed E-state index contributed by atoms with van der Waals surface area (Å²) in [6.45, 7) is 2.91. The molecule has 0 bridgehead atoms. The molecule has 1 aliphatic rings. The summed E-state index contributed by atoms with van der Waals surface area (Å²) < 4.78 is 23.7. The Hall–Kier alpha value is -2.61. The Morgan fingerprint density at radius 3 is 2.64 bits per heavy atom. The smallest absolute Gasteiger partial charge is 0.343 e. The summed E-state index contributed by atoms with van der Waals surface area (Å²) >= 11 is 5.81. The Morgan fingerprint density at radius 1 is 1.28 bits per heavy atom. The number of halogens is 2. The molecular weight excluding hydrogens is 355 g/mol. The first-order valence-electron chi connectivity index (χ1n) is 7.44. The maximum atomic E-state index is 13.7. The summed E-state index contributed by atoms with van der Waals surface area (Å²) in [7, 11) is 0. The van der Waals surface area contributed by atoms with Crippen LogP contribution in [0.15, 0.2) is 29.5 Å². The van der Waals surface area contributed by atoms with Gasteiger partial charge in [0.05, 0.1) is 28.9 Å². The molecular formula is C16H16ClFN2O5. The number of hydrogen-bond donors (Lipinski definition) is 2. The van der Waals surface area contributed by atoms with Gasteiger partial charge in [-0.25, -0.2) is 18.8 Å². The molecule has 1 aliphatic heterocycles. The second-order valence-corrected chi connectivity index (χ2v) is 5.51. The monoisotopic (exact) mass is 370 g/mol. The standard InChI is InChI=1S/C16H16ClFN2O5/c1-3-24-14(21)12-8(2)19-16(23)20-11(12)7-25-15(22)13-9(17)5-4-6-10(13)18/h4-6,8H,3,7H2,1-2H3,(H2,19,20,23)/t8-/m1/s1. The van der Waals surface area contributed by atoms with Crippen LogP contribution in [-0.4, -0.2) is 37.2 Å². The molecule has 2 amide bonds. The number of hydrogen-bond acceptors (Lipinski definition) is 5. The van der Waals surface area contributed by atoms with Crippen molar-refractivity contribution in [3.8, 4) is 0 Å². The fourth-order valence-electron chi connectivity index (χ4n) is 2.30. The topological polar surface area (TPSA) is 93.7 Å². The van der Waals surface area contributed by atoms with E-state index in [1.807, 2.05) is 0 Å². The Bertz CT molecular complexity index is 730. The van der Waals surface area contributed by atoms with Gasteiger partial charge in [-0.15, -0.1) is 0 Å². The number of esters is 2. The van der Waals surface area contributed by atoms with Gasteiger partial charge in [-0.05, 0) is 26.0 Å². The molecule has 0 unspecified atom stereocenters. The number of amides is 2. The highest BCUT2D eigenvalue weighted by Crippen LogP contribution is 2.21. The summed E-state index contributed by atoms with van der Waals surface area (Å²) in [6.07, 6.45) is 0. The molecule has 0 radical (unpaired) electrons. The van der Waals surface area contributed by atoms with Crippen LogP contribution in [0.25, 0.3) is 0 Å². The lowest BCUT2D eigenvalue weighted by molar-refractivity contribution is -0.139. The first-order chi connectivity index (χ1) is 11.8. The van der Waals surface area contributed by atoms with Crippen molar-refractivity contribution >= 4 is 29.6 Å². The van der Waals surface area contributed by atoms with Crippen LogP contribution in [0.1, 0.15) is 24.2 Å². The van der Waals surface area contributed by atoms with Gasteiger partial charge in [-0.2, -0.15) is 0 Å². The van der Waals surface area contributed by atoms with Crippen LogP contribution in [-0.2, 0) is 14.3 Å². The van der Waals surface area contributed by atoms with Crippen molar-refractivity contribution in [2.75, 3.05) is 13.2 Å². The second-order valence-electron chi connectivity index (χ2n) is 5.11. The van der Waals surface area contributed by atoms with E-state index in [-0.39, 0.29) is 22.9 Å². The van der Waals surface area contributed by atoms with Crippen molar-refractivity contribution in [1.29, 1.82) is 0 Å². The molecule has 1 aromatic rings. The molecule has 1 aromatic carbocycles. The van der Waals surface area contributed by atoms with E-state index in [0.29, 0.717) is 0 Å². The van der Waals surface area contributed by atoms with Crippen LogP contribution < -0.4 is 10.6 Å². The number of rotatable bonds is 5.